The molecule has 1 aromatic rings. The summed E-state index contributed by atoms with van der Waals surface area (Å²) in [7, 11) is 0. The normalized spacial score (nSPS) is 15.1. The largest absolute Gasteiger partial charge is 0.343 e. The molecule has 0 radical (unpaired) electrons. The molecule has 0 aliphatic carbocycles. The van der Waals surface area contributed by atoms with Crippen molar-refractivity contribution in [1.82, 2.24) is 0 Å². The van der Waals surface area contributed by atoms with Gasteiger partial charge in [-0.3, -0.25) is 0 Å². The van der Waals surface area contributed by atoms with Gasteiger partial charge in [0.25, 0.3) is 0 Å². The highest BCUT2D eigenvalue weighted by molar-refractivity contribution is 5.67. The molecule has 0 saturated carbocycles. The smallest absolute Gasteiger partial charge is 0.0449 e. The minimum absolute atomic E-state index is 0.496. The van der Waals surface area contributed by atoms with Crippen LogP contribution in [-0.2, 0) is 6.42 Å². The van der Waals surface area contributed by atoms with Crippen LogP contribution >= 0.6 is 0 Å². The number of benzene rings is 1. The lowest BCUT2D eigenvalue weighted by molar-refractivity contribution is 0.764. The first-order chi connectivity index (χ1) is 7.52. The summed E-state index contributed by atoms with van der Waals surface area (Å²) in [6.07, 6.45) is 1.02. The Morgan fingerprint density at radius 3 is 2.44 bits per heavy atom. The third-order valence-corrected chi connectivity index (χ3v) is 3.31. The average Bonchev–Trinajstić information content (AvgIpc) is 2.52. The fourth-order valence-electron chi connectivity index (χ4n) is 2.65. The lowest BCUT2D eigenvalue weighted by Crippen LogP contribution is -2.26. The topological polar surface area (TPSA) is 3.24 Å². The maximum atomic E-state index is 4.20. The Bertz CT molecular complexity index is 415. The van der Waals surface area contributed by atoms with Crippen molar-refractivity contribution in [3.05, 3.63) is 41.6 Å². The van der Waals surface area contributed by atoms with Crippen molar-refractivity contribution in [2.75, 3.05) is 4.90 Å². The number of hydrogen-bond donors (Lipinski definition) is 0. The number of allylic oxidation sites excluding steroid dienone is 1. The van der Waals surface area contributed by atoms with Crippen molar-refractivity contribution in [3.8, 4) is 0 Å². The van der Waals surface area contributed by atoms with Gasteiger partial charge in [-0.1, -0.05) is 32.6 Å². The molecule has 1 aliphatic heterocycles. The van der Waals surface area contributed by atoms with Crippen LogP contribution in [0.2, 0.25) is 0 Å². The van der Waals surface area contributed by atoms with Gasteiger partial charge in [0.1, 0.15) is 0 Å². The van der Waals surface area contributed by atoms with Gasteiger partial charge in [0.2, 0.25) is 0 Å². The molecule has 1 aromatic carbocycles. The zero-order chi connectivity index (χ0) is 11.9. The Balaban J connectivity index is 2.53. The van der Waals surface area contributed by atoms with Gasteiger partial charge < -0.3 is 4.90 Å². The molecule has 16 heavy (non-hydrogen) atoms. The zero-order valence-electron chi connectivity index (χ0n) is 10.7. The summed E-state index contributed by atoms with van der Waals surface area (Å²) < 4.78 is 0. The summed E-state index contributed by atoms with van der Waals surface area (Å²) in [6, 6.07) is 7.14. The van der Waals surface area contributed by atoms with Crippen molar-refractivity contribution >= 4 is 5.69 Å². The second-order valence-electron chi connectivity index (χ2n) is 5.21. The van der Waals surface area contributed by atoms with Gasteiger partial charge in [0, 0.05) is 23.8 Å². The first-order valence-electron chi connectivity index (χ1n) is 6.11. The number of anilines is 1. The van der Waals surface area contributed by atoms with Crippen molar-refractivity contribution in [3.63, 3.8) is 0 Å². The molecule has 86 valence electrons. The monoisotopic (exact) mass is 215 g/mol. The maximum Gasteiger partial charge on any atom is 0.0449 e. The average molecular weight is 215 g/mol. The summed E-state index contributed by atoms with van der Waals surface area (Å²) >= 11 is 0. The number of rotatable bonds is 2. The van der Waals surface area contributed by atoms with E-state index >= 15 is 0 Å². The molecule has 1 nitrogen and oxygen atoms in total. The molecule has 1 heteroatoms. The summed E-state index contributed by atoms with van der Waals surface area (Å²) in [4.78, 5) is 2.36. The van der Waals surface area contributed by atoms with E-state index in [2.05, 4.69) is 57.4 Å². The number of hydrogen-bond acceptors (Lipinski definition) is 1. The van der Waals surface area contributed by atoms with Crippen LogP contribution in [0.25, 0.3) is 0 Å². The van der Waals surface area contributed by atoms with Gasteiger partial charge >= 0.3 is 0 Å². The summed E-state index contributed by atoms with van der Waals surface area (Å²) in [5.74, 6) is 0.592. The lowest BCUT2D eigenvalue weighted by Gasteiger charge is -2.25. The van der Waals surface area contributed by atoms with Gasteiger partial charge in [-0.25, -0.2) is 0 Å². The molecule has 0 N–H and O–H groups in total. The highest BCUT2D eigenvalue weighted by atomic mass is 15.2. The van der Waals surface area contributed by atoms with E-state index in [1.807, 2.05) is 0 Å². The number of fused-ring (bicyclic) bond motifs is 1. The lowest BCUT2D eigenvalue weighted by atomic mass is 9.95. The molecule has 0 amide bonds. The van der Waals surface area contributed by atoms with Gasteiger partial charge in [0.15, 0.2) is 0 Å². The van der Waals surface area contributed by atoms with Gasteiger partial charge in [-0.05, 0) is 37.0 Å². The van der Waals surface area contributed by atoms with Crippen LogP contribution in [0.5, 0.6) is 0 Å². The molecular formula is C15H21N. The van der Waals surface area contributed by atoms with Crippen molar-refractivity contribution < 1.29 is 0 Å². The first-order valence-corrected chi connectivity index (χ1v) is 6.11. The molecule has 1 aliphatic rings. The minimum atomic E-state index is 0.496. The molecule has 0 fully saturated rings. The predicted octanol–water partition coefficient (Wildman–Crippen LogP) is 4.09. The highest BCUT2D eigenvalue weighted by Gasteiger charge is 2.26. The molecule has 0 saturated heterocycles. The Hall–Kier alpha value is -1.24. The third kappa shape index (κ3) is 1.64. The van der Waals surface area contributed by atoms with Crippen LogP contribution < -0.4 is 4.90 Å². The molecular weight excluding hydrogens is 194 g/mol. The van der Waals surface area contributed by atoms with E-state index in [1.54, 1.807) is 0 Å². The molecule has 0 bridgehead atoms. The highest BCUT2D eigenvalue weighted by Crippen LogP contribution is 2.39. The van der Waals surface area contributed by atoms with Crippen LogP contribution in [0.15, 0.2) is 30.5 Å². The molecule has 0 unspecified atom stereocenters. The predicted molar refractivity (Wildman–Crippen MR) is 71.0 cm³/mol. The van der Waals surface area contributed by atoms with Crippen molar-refractivity contribution in [2.45, 2.75) is 46.1 Å². The molecule has 0 aromatic heterocycles. The van der Waals surface area contributed by atoms with Crippen LogP contribution in [0.4, 0.5) is 5.69 Å². The fraction of sp³-hybridized carbons (Fsp3) is 0.467. The summed E-state index contributed by atoms with van der Waals surface area (Å²) in [6.45, 7) is 13.2. The van der Waals surface area contributed by atoms with Crippen LogP contribution in [0, 0.1) is 0 Å². The summed E-state index contributed by atoms with van der Waals surface area (Å²) in [5.41, 5.74) is 5.56. The molecule has 2 rings (SSSR count). The maximum absolute atomic E-state index is 4.20. The Morgan fingerprint density at radius 1 is 1.19 bits per heavy atom. The second kappa shape index (κ2) is 3.97. The molecule has 0 atom stereocenters. The van der Waals surface area contributed by atoms with Gasteiger partial charge in [-0.2, -0.15) is 0 Å². The molecule has 1 heterocycles. The third-order valence-electron chi connectivity index (χ3n) is 3.31. The van der Waals surface area contributed by atoms with Gasteiger partial charge in [-0.15, -0.1) is 0 Å². The fourth-order valence-corrected chi connectivity index (χ4v) is 2.65. The standard InChI is InChI=1S/C15H21N/c1-10(2)13-7-6-8-15-14(13)9-12(5)16(15)11(3)4/h6-8,10-11H,5,9H2,1-4H3. The van der Waals surface area contributed by atoms with E-state index in [1.165, 1.54) is 22.5 Å². The van der Waals surface area contributed by atoms with Crippen LogP contribution in [0.3, 0.4) is 0 Å². The van der Waals surface area contributed by atoms with E-state index < -0.39 is 0 Å². The summed E-state index contributed by atoms with van der Waals surface area (Å²) in [5, 5.41) is 0. The van der Waals surface area contributed by atoms with Crippen molar-refractivity contribution in [2.24, 2.45) is 0 Å². The molecule has 0 spiro atoms. The van der Waals surface area contributed by atoms with Gasteiger partial charge in [0.05, 0.1) is 0 Å². The quantitative estimate of drug-likeness (QED) is 0.718. The minimum Gasteiger partial charge on any atom is -0.343 e. The van der Waals surface area contributed by atoms with Crippen molar-refractivity contribution in [1.29, 1.82) is 0 Å². The van der Waals surface area contributed by atoms with E-state index in [4.69, 9.17) is 0 Å². The number of nitrogens with zero attached hydrogens (tertiary/aromatic N) is 1. The van der Waals surface area contributed by atoms with E-state index in [-0.39, 0.29) is 0 Å². The van der Waals surface area contributed by atoms with Crippen LogP contribution in [-0.4, -0.2) is 6.04 Å². The van der Waals surface area contributed by atoms with Crippen LogP contribution in [0.1, 0.15) is 44.7 Å². The SMILES string of the molecule is C=C1Cc2c(C(C)C)cccc2N1C(C)C. The zero-order valence-corrected chi connectivity index (χ0v) is 10.7. The first kappa shape index (κ1) is 11.3. The Morgan fingerprint density at radius 2 is 1.88 bits per heavy atom. The Kier molecular flexibility index (Phi) is 2.79. The second-order valence-corrected chi connectivity index (χ2v) is 5.21. The van der Waals surface area contributed by atoms with E-state index in [0.717, 1.165) is 6.42 Å². The van der Waals surface area contributed by atoms with E-state index in [0.29, 0.717) is 12.0 Å². The van der Waals surface area contributed by atoms with E-state index in [9.17, 15) is 0 Å². The Labute approximate surface area is 98.8 Å².